The molecule has 8 heteroatoms. The van der Waals surface area contributed by atoms with Gasteiger partial charge in [0.2, 0.25) is 5.89 Å². The summed E-state index contributed by atoms with van der Waals surface area (Å²) in [6.07, 6.45) is 0.853. The van der Waals surface area contributed by atoms with Crippen LogP contribution in [-0.4, -0.2) is 40.2 Å². The molecule has 7 nitrogen and oxygen atoms in total. The third kappa shape index (κ3) is 4.76. The van der Waals surface area contributed by atoms with Gasteiger partial charge in [0.1, 0.15) is 5.82 Å². The lowest BCUT2D eigenvalue weighted by Crippen LogP contribution is -2.39. The van der Waals surface area contributed by atoms with Crippen LogP contribution in [0.2, 0.25) is 0 Å². The number of likely N-dealkylation sites (tertiary alicyclic amines) is 1. The van der Waals surface area contributed by atoms with E-state index in [0.717, 1.165) is 19.5 Å². The topological polar surface area (TPSA) is 83.3 Å². The Balaban J connectivity index is 1.45. The number of urea groups is 1. The molecular weight excluding hydrogens is 325 g/mol. The van der Waals surface area contributed by atoms with Crippen molar-refractivity contribution in [3.63, 3.8) is 0 Å². The van der Waals surface area contributed by atoms with Crippen LogP contribution >= 0.6 is 0 Å². The summed E-state index contributed by atoms with van der Waals surface area (Å²) < 4.78 is 18.1. The van der Waals surface area contributed by atoms with E-state index in [4.69, 9.17) is 4.52 Å². The van der Waals surface area contributed by atoms with Crippen molar-refractivity contribution in [2.45, 2.75) is 38.8 Å². The molecule has 0 radical (unpaired) electrons. The summed E-state index contributed by atoms with van der Waals surface area (Å²) in [6.45, 7) is 6.20. The molecule has 1 aromatic heterocycles. The molecule has 25 heavy (non-hydrogen) atoms. The molecule has 2 heterocycles. The van der Waals surface area contributed by atoms with Gasteiger partial charge >= 0.3 is 6.03 Å². The van der Waals surface area contributed by atoms with E-state index in [-0.39, 0.29) is 23.8 Å². The molecule has 2 N–H and O–H groups in total. The SMILES string of the molecule is CC(C)c1nc(CN2CC[C@H](NC(=O)Nc3ccc(F)cc3)C2)no1. The van der Waals surface area contributed by atoms with E-state index >= 15 is 0 Å². The first kappa shape index (κ1) is 17.3. The van der Waals surface area contributed by atoms with E-state index in [1.165, 1.54) is 24.3 Å². The fourth-order valence-electron chi connectivity index (χ4n) is 2.75. The van der Waals surface area contributed by atoms with Gasteiger partial charge in [0.05, 0.1) is 6.54 Å². The van der Waals surface area contributed by atoms with E-state index in [9.17, 15) is 9.18 Å². The second-order valence-corrected chi connectivity index (χ2v) is 6.53. The number of aromatic nitrogens is 2. The molecule has 1 aliphatic rings. The average molecular weight is 347 g/mol. The van der Waals surface area contributed by atoms with Crippen molar-refractivity contribution in [3.05, 3.63) is 41.8 Å². The number of anilines is 1. The molecule has 1 fully saturated rings. The Kier molecular flexibility index (Phi) is 5.28. The summed E-state index contributed by atoms with van der Waals surface area (Å²) >= 11 is 0. The number of rotatable bonds is 5. The molecular formula is C17H22FN5O2. The monoisotopic (exact) mass is 347 g/mol. The third-order valence-electron chi connectivity index (χ3n) is 4.05. The maximum atomic E-state index is 12.9. The summed E-state index contributed by atoms with van der Waals surface area (Å²) in [5.41, 5.74) is 0.557. The smallest absolute Gasteiger partial charge is 0.319 e. The molecule has 1 atom stereocenters. The van der Waals surface area contributed by atoms with Crippen molar-refractivity contribution in [1.29, 1.82) is 0 Å². The van der Waals surface area contributed by atoms with Crippen LogP contribution in [-0.2, 0) is 6.54 Å². The Morgan fingerprint density at radius 2 is 2.16 bits per heavy atom. The van der Waals surface area contributed by atoms with Crippen molar-refractivity contribution < 1.29 is 13.7 Å². The first-order chi connectivity index (χ1) is 12.0. The molecule has 2 aromatic rings. The van der Waals surface area contributed by atoms with Gasteiger partial charge in [0.25, 0.3) is 0 Å². The maximum Gasteiger partial charge on any atom is 0.319 e. The zero-order valence-corrected chi connectivity index (χ0v) is 14.3. The minimum atomic E-state index is -0.334. The van der Waals surface area contributed by atoms with Gasteiger partial charge in [-0.3, -0.25) is 4.90 Å². The largest absolute Gasteiger partial charge is 0.339 e. The maximum absolute atomic E-state index is 12.9. The van der Waals surface area contributed by atoms with E-state index in [1.54, 1.807) is 0 Å². The standard InChI is InChI=1S/C17H22FN5O2/c1-11(2)16-21-15(22-25-16)10-23-8-7-14(9-23)20-17(24)19-13-5-3-12(18)4-6-13/h3-6,11,14H,7-10H2,1-2H3,(H2,19,20,24)/t14-/m0/s1. The van der Waals surface area contributed by atoms with E-state index in [0.29, 0.717) is 23.9 Å². The number of hydrogen-bond acceptors (Lipinski definition) is 5. The molecule has 1 saturated heterocycles. The minimum absolute atomic E-state index is 0.0527. The Labute approximate surface area is 145 Å². The van der Waals surface area contributed by atoms with Crippen LogP contribution in [0.1, 0.15) is 37.9 Å². The number of hydrogen-bond donors (Lipinski definition) is 2. The summed E-state index contributed by atoms with van der Waals surface area (Å²) in [7, 11) is 0. The minimum Gasteiger partial charge on any atom is -0.339 e. The summed E-state index contributed by atoms with van der Waals surface area (Å²) in [5.74, 6) is 1.19. The second-order valence-electron chi connectivity index (χ2n) is 6.53. The number of amides is 2. The van der Waals surface area contributed by atoms with Crippen molar-refractivity contribution >= 4 is 11.7 Å². The lowest BCUT2D eigenvalue weighted by atomic mass is 10.2. The van der Waals surface area contributed by atoms with Gasteiger partial charge in [-0.05, 0) is 30.7 Å². The lowest BCUT2D eigenvalue weighted by Gasteiger charge is -2.15. The number of carbonyl (C=O) groups excluding carboxylic acids is 1. The quantitative estimate of drug-likeness (QED) is 0.869. The number of nitrogens with zero attached hydrogens (tertiary/aromatic N) is 3. The Hall–Kier alpha value is -2.48. The van der Waals surface area contributed by atoms with E-state index in [1.807, 2.05) is 13.8 Å². The highest BCUT2D eigenvalue weighted by atomic mass is 19.1. The van der Waals surface area contributed by atoms with Gasteiger partial charge in [-0.15, -0.1) is 0 Å². The summed E-state index contributed by atoms with van der Waals surface area (Å²) in [5, 5.41) is 9.62. The second kappa shape index (κ2) is 7.60. The fourth-order valence-corrected chi connectivity index (χ4v) is 2.75. The molecule has 0 aliphatic carbocycles. The number of carbonyl (C=O) groups is 1. The highest BCUT2D eigenvalue weighted by molar-refractivity contribution is 5.89. The van der Waals surface area contributed by atoms with Crippen LogP contribution in [0.5, 0.6) is 0 Å². The van der Waals surface area contributed by atoms with Crippen molar-refractivity contribution in [2.24, 2.45) is 0 Å². The first-order valence-electron chi connectivity index (χ1n) is 8.37. The van der Waals surface area contributed by atoms with E-state index < -0.39 is 0 Å². The molecule has 1 aliphatic heterocycles. The molecule has 0 bridgehead atoms. The highest BCUT2D eigenvalue weighted by Gasteiger charge is 2.25. The number of benzene rings is 1. The molecule has 134 valence electrons. The van der Waals surface area contributed by atoms with Crippen molar-refractivity contribution in [1.82, 2.24) is 20.4 Å². The predicted octanol–water partition coefficient (Wildman–Crippen LogP) is 2.73. The average Bonchev–Trinajstić information content (AvgIpc) is 3.20. The first-order valence-corrected chi connectivity index (χ1v) is 8.37. The highest BCUT2D eigenvalue weighted by Crippen LogP contribution is 2.15. The number of nitrogens with one attached hydrogen (secondary N) is 2. The van der Waals surface area contributed by atoms with Crippen LogP contribution in [0.15, 0.2) is 28.8 Å². The fraction of sp³-hybridized carbons (Fsp3) is 0.471. The Morgan fingerprint density at radius 1 is 1.40 bits per heavy atom. The van der Waals surface area contributed by atoms with Crippen LogP contribution < -0.4 is 10.6 Å². The summed E-state index contributed by atoms with van der Waals surface area (Å²) in [6, 6.07) is 5.43. The molecule has 3 rings (SSSR count). The van der Waals surface area contributed by atoms with Crippen LogP contribution in [0.4, 0.5) is 14.9 Å². The van der Waals surface area contributed by atoms with Crippen LogP contribution in [0.25, 0.3) is 0 Å². The van der Waals surface area contributed by atoms with Gasteiger partial charge < -0.3 is 15.2 Å². The lowest BCUT2D eigenvalue weighted by molar-refractivity contribution is 0.247. The van der Waals surface area contributed by atoms with Gasteiger partial charge in [-0.25, -0.2) is 9.18 Å². The van der Waals surface area contributed by atoms with Crippen LogP contribution in [0.3, 0.4) is 0 Å². The molecule has 0 saturated carbocycles. The zero-order valence-electron chi connectivity index (χ0n) is 14.3. The van der Waals surface area contributed by atoms with Gasteiger partial charge in [-0.2, -0.15) is 4.98 Å². The Bertz CT molecular complexity index is 716. The van der Waals surface area contributed by atoms with E-state index in [2.05, 4.69) is 25.7 Å². The molecule has 0 spiro atoms. The van der Waals surface area contributed by atoms with Crippen molar-refractivity contribution in [3.8, 4) is 0 Å². The molecule has 1 aromatic carbocycles. The van der Waals surface area contributed by atoms with Gasteiger partial charge in [-0.1, -0.05) is 19.0 Å². The normalized spacial score (nSPS) is 17.8. The predicted molar refractivity (Wildman–Crippen MR) is 90.6 cm³/mol. The van der Waals surface area contributed by atoms with Gasteiger partial charge in [0, 0.05) is 30.7 Å². The van der Waals surface area contributed by atoms with Gasteiger partial charge in [0.15, 0.2) is 5.82 Å². The molecule has 0 unspecified atom stereocenters. The number of halogens is 1. The molecule has 2 amide bonds. The zero-order chi connectivity index (χ0) is 17.8. The summed E-state index contributed by atoms with van der Waals surface area (Å²) in [4.78, 5) is 18.6. The third-order valence-corrected chi connectivity index (χ3v) is 4.05. The van der Waals surface area contributed by atoms with Crippen molar-refractivity contribution in [2.75, 3.05) is 18.4 Å². The Morgan fingerprint density at radius 3 is 2.84 bits per heavy atom. The van der Waals surface area contributed by atoms with Crippen LogP contribution in [0, 0.1) is 5.82 Å².